The molecule has 1 aromatic rings. The topological polar surface area (TPSA) is 104 Å². The molecule has 0 aromatic heterocycles. The minimum atomic E-state index is -0.306. The van der Waals surface area contributed by atoms with E-state index >= 15 is 0 Å². The summed E-state index contributed by atoms with van der Waals surface area (Å²) in [6, 6.07) is 6.49. The first-order chi connectivity index (χ1) is 9.54. The van der Waals surface area contributed by atoms with Gasteiger partial charge in [-0.05, 0) is 43.0 Å². The molecule has 0 aliphatic heterocycles. The van der Waals surface area contributed by atoms with Crippen LogP contribution in [0.3, 0.4) is 0 Å². The van der Waals surface area contributed by atoms with Crippen molar-refractivity contribution in [3.63, 3.8) is 0 Å². The van der Waals surface area contributed by atoms with Crippen LogP contribution < -0.4 is 16.4 Å². The van der Waals surface area contributed by atoms with Gasteiger partial charge in [0.15, 0.2) is 0 Å². The standard InChI is InChI=1S/C14H19N3O3/c15-11-3-1-10(2-4-11)14(20)17-8-13(19)16-7-9-5-12(18)6-9/h1-4,9,12,18H,5-8,15H2,(H,16,19)(H,17,20). The van der Waals surface area contributed by atoms with E-state index < -0.39 is 0 Å². The third-order valence-electron chi connectivity index (χ3n) is 3.38. The molecule has 0 atom stereocenters. The molecular weight excluding hydrogens is 258 g/mol. The Labute approximate surface area is 117 Å². The monoisotopic (exact) mass is 277 g/mol. The van der Waals surface area contributed by atoms with Gasteiger partial charge in [-0.3, -0.25) is 9.59 Å². The third kappa shape index (κ3) is 3.96. The van der Waals surface area contributed by atoms with Crippen LogP contribution in [0, 0.1) is 5.92 Å². The van der Waals surface area contributed by atoms with Gasteiger partial charge in [0.1, 0.15) is 0 Å². The van der Waals surface area contributed by atoms with Crippen LogP contribution in [0.15, 0.2) is 24.3 Å². The summed E-state index contributed by atoms with van der Waals surface area (Å²) in [7, 11) is 0. The van der Waals surface area contributed by atoms with Gasteiger partial charge in [0, 0.05) is 17.8 Å². The molecule has 108 valence electrons. The van der Waals surface area contributed by atoms with Crippen LogP contribution in [-0.4, -0.2) is 36.1 Å². The molecule has 1 aromatic carbocycles. The third-order valence-corrected chi connectivity index (χ3v) is 3.38. The number of aliphatic hydroxyl groups excluding tert-OH is 1. The highest BCUT2D eigenvalue weighted by Gasteiger charge is 2.27. The Morgan fingerprint density at radius 3 is 2.45 bits per heavy atom. The fourth-order valence-corrected chi connectivity index (χ4v) is 2.08. The predicted molar refractivity (Wildman–Crippen MR) is 74.9 cm³/mol. The molecular formula is C14H19N3O3. The van der Waals surface area contributed by atoms with Crippen molar-refractivity contribution in [2.45, 2.75) is 18.9 Å². The van der Waals surface area contributed by atoms with Crippen molar-refractivity contribution in [3.8, 4) is 0 Å². The number of carbonyl (C=O) groups is 2. The van der Waals surface area contributed by atoms with Gasteiger partial charge in [0.25, 0.3) is 5.91 Å². The van der Waals surface area contributed by atoms with Gasteiger partial charge in [-0.2, -0.15) is 0 Å². The Bertz CT molecular complexity index is 481. The van der Waals surface area contributed by atoms with E-state index in [1.54, 1.807) is 24.3 Å². The summed E-state index contributed by atoms with van der Waals surface area (Å²) < 4.78 is 0. The Hall–Kier alpha value is -2.08. The molecule has 1 aliphatic carbocycles. The van der Waals surface area contributed by atoms with E-state index in [-0.39, 0.29) is 24.5 Å². The molecule has 6 nitrogen and oxygen atoms in total. The van der Waals surface area contributed by atoms with Crippen molar-refractivity contribution >= 4 is 17.5 Å². The molecule has 0 unspecified atom stereocenters. The number of hydrogen-bond donors (Lipinski definition) is 4. The van der Waals surface area contributed by atoms with Crippen LogP contribution in [0.25, 0.3) is 0 Å². The normalized spacial score (nSPS) is 20.9. The Balaban J connectivity index is 1.67. The average molecular weight is 277 g/mol. The molecule has 6 heteroatoms. The number of nitrogens with two attached hydrogens (primary N) is 1. The van der Waals surface area contributed by atoms with Crippen LogP contribution in [0.1, 0.15) is 23.2 Å². The Kier molecular flexibility index (Phi) is 4.57. The first-order valence-corrected chi connectivity index (χ1v) is 6.63. The molecule has 2 amide bonds. The van der Waals surface area contributed by atoms with E-state index in [9.17, 15) is 9.59 Å². The highest BCUT2D eigenvalue weighted by Crippen LogP contribution is 2.25. The number of rotatable bonds is 5. The molecule has 1 saturated carbocycles. The number of carbonyl (C=O) groups excluding carboxylic acids is 2. The van der Waals surface area contributed by atoms with Crippen molar-refractivity contribution in [3.05, 3.63) is 29.8 Å². The van der Waals surface area contributed by atoms with E-state index in [1.165, 1.54) is 0 Å². The Morgan fingerprint density at radius 1 is 1.20 bits per heavy atom. The predicted octanol–water partition coefficient (Wildman–Crippen LogP) is -0.114. The lowest BCUT2D eigenvalue weighted by atomic mass is 9.82. The SMILES string of the molecule is Nc1ccc(C(=O)NCC(=O)NCC2CC(O)C2)cc1. The lowest BCUT2D eigenvalue weighted by Gasteiger charge is -2.31. The highest BCUT2D eigenvalue weighted by molar-refractivity contribution is 5.96. The number of aliphatic hydroxyl groups is 1. The van der Waals surface area contributed by atoms with Gasteiger partial charge in [0.2, 0.25) is 5.91 Å². The maximum atomic E-state index is 11.7. The maximum Gasteiger partial charge on any atom is 0.251 e. The Morgan fingerprint density at radius 2 is 1.85 bits per heavy atom. The summed E-state index contributed by atoms with van der Waals surface area (Å²) in [5.41, 5.74) is 6.58. The largest absolute Gasteiger partial charge is 0.399 e. The number of nitrogens with one attached hydrogen (secondary N) is 2. The molecule has 2 rings (SSSR count). The summed E-state index contributed by atoms with van der Waals surface area (Å²) in [6.45, 7) is 0.492. The second kappa shape index (κ2) is 6.38. The molecule has 20 heavy (non-hydrogen) atoms. The lowest BCUT2D eigenvalue weighted by Crippen LogP contribution is -2.42. The number of amides is 2. The van der Waals surface area contributed by atoms with Crippen molar-refractivity contribution in [1.82, 2.24) is 10.6 Å². The van der Waals surface area contributed by atoms with Crippen molar-refractivity contribution < 1.29 is 14.7 Å². The first kappa shape index (κ1) is 14.3. The second-order valence-corrected chi connectivity index (χ2v) is 5.10. The number of nitrogen functional groups attached to an aromatic ring is 1. The molecule has 0 radical (unpaired) electrons. The second-order valence-electron chi connectivity index (χ2n) is 5.10. The van der Waals surface area contributed by atoms with Crippen molar-refractivity contribution in [2.24, 2.45) is 5.92 Å². The maximum absolute atomic E-state index is 11.7. The number of benzene rings is 1. The quantitative estimate of drug-likeness (QED) is 0.563. The average Bonchev–Trinajstić information content (AvgIpc) is 2.40. The van der Waals surface area contributed by atoms with Crippen LogP contribution >= 0.6 is 0 Å². The molecule has 0 heterocycles. The molecule has 1 aliphatic rings. The summed E-state index contributed by atoms with van der Waals surface area (Å²) in [4.78, 5) is 23.3. The van der Waals surface area contributed by atoms with Gasteiger partial charge in [-0.1, -0.05) is 0 Å². The first-order valence-electron chi connectivity index (χ1n) is 6.63. The molecule has 1 fully saturated rings. The van der Waals surface area contributed by atoms with E-state index in [4.69, 9.17) is 10.8 Å². The van der Waals surface area contributed by atoms with E-state index in [2.05, 4.69) is 10.6 Å². The number of anilines is 1. The van der Waals surface area contributed by atoms with Crippen LogP contribution in [0.5, 0.6) is 0 Å². The van der Waals surface area contributed by atoms with Crippen molar-refractivity contribution in [2.75, 3.05) is 18.8 Å². The van der Waals surface area contributed by atoms with Gasteiger partial charge in [0.05, 0.1) is 12.6 Å². The minimum Gasteiger partial charge on any atom is -0.399 e. The fourth-order valence-electron chi connectivity index (χ4n) is 2.08. The summed E-state index contributed by atoms with van der Waals surface area (Å²) in [5.74, 6) is -0.184. The summed E-state index contributed by atoms with van der Waals surface area (Å²) in [5, 5.41) is 14.4. The van der Waals surface area contributed by atoms with Gasteiger partial charge in [-0.25, -0.2) is 0 Å². The molecule has 0 saturated heterocycles. The summed E-state index contributed by atoms with van der Waals surface area (Å²) >= 11 is 0. The zero-order chi connectivity index (χ0) is 14.5. The number of hydrogen-bond acceptors (Lipinski definition) is 4. The van der Waals surface area contributed by atoms with E-state index in [1.807, 2.05) is 0 Å². The smallest absolute Gasteiger partial charge is 0.251 e. The van der Waals surface area contributed by atoms with E-state index in [0.29, 0.717) is 23.7 Å². The highest BCUT2D eigenvalue weighted by atomic mass is 16.3. The fraction of sp³-hybridized carbons (Fsp3) is 0.429. The van der Waals surface area contributed by atoms with Crippen LogP contribution in [-0.2, 0) is 4.79 Å². The van der Waals surface area contributed by atoms with E-state index in [0.717, 1.165) is 12.8 Å². The van der Waals surface area contributed by atoms with Gasteiger partial charge < -0.3 is 21.5 Å². The van der Waals surface area contributed by atoms with Gasteiger partial charge >= 0.3 is 0 Å². The lowest BCUT2D eigenvalue weighted by molar-refractivity contribution is -0.120. The minimum absolute atomic E-state index is 0.0571. The zero-order valence-electron chi connectivity index (χ0n) is 11.1. The summed E-state index contributed by atoms with van der Waals surface area (Å²) in [6.07, 6.45) is 1.25. The molecule has 0 spiro atoms. The molecule has 5 N–H and O–H groups in total. The van der Waals surface area contributed by atoms with Crippen LogP contribution in [0.4, 0.5) is 5.69 Å². The van der Waals surface area contributed by atoms with Gasteiger partial charge in [-0.15, -0.1) is 0 Å². The zero-order valence-corrected chi connectivity index (χ0v) is 11.1. The van der Waals surface area contributed by atoms with Crippen molar-refractivity contribution in [1.29, 1.82) is 0 Å². The molecule has 0 bridgehead atoms. The van der Waals surface area contributed by atoms with Crippen LogP contribution in [0.2, 0.25) is 0 Å².